The second-order valence-electron chi connectivity index (χ2n) is 7.18. The number of carbonyl (C=O) groups is 1. The van der Waals surface area contributed by atoms with E-state index in [0.29, 0.717) is 11.1 Å². The fraction of sp³-hybridized carbons (Fsp3) is 0.160. The van der Waals surface area contributed by atoms with Crippen molar-refractivity contribution in [3.8, 4) is 0 Å². The number of alkyl halides is 2. The number of hydrogen-bond acceptors (Lipinski definition) is 1. The van der Waals surface area contributed by atoms with E-state index in [-0.39, 0.29) is 0 Å². The van der Waals surface area contributed by atoms with Crippen LogP contribution in [-0.4, -0.2) is 19.1 Å². The van der Waals surface area contributed by atoms with Crippen molar-refractivity contribution in [3.63, 3.8) is 0 Å². The molecule has 0 amide bonds. The van der Waals surface area contributed by atoms with Gasteiger partial charge in [-0.3, -0.25) is 4.79 Å². The van der Waals surface area contributed by atoms with Crippen molar-refractivity contribution in [2.45, 2.75) is 21.6 Å². The molecule has 0 spiro atoms. The lowest BCUT2D eigenvalue weighted by molar-refractivity contribution is -0.122. The van der Waals surface area contributed by atoms with Crippen molar-refractivity contribution in [1.82, 2.24) is 0 Å². The maximum Gasteiger partial charge on any atom is 0.153 e. The molecule has 2 aliphatic heterocycles. The topological polar surface area (TPSA) is 17.1 Å². The van der Waals surface area contributed by atoms with E-state index in [1.165, 1.54) is 0 Å². The van der Waals surface area contributed by atoms with Crippen molar-refractivity contribution >= 4 is 27.6 Å². The number of ketones is 1. The molecule has 156 valence electrons. The maximum absolute atomic E-state index is 13.9. The highest BCUT2D eigenvalue weighted by Crippen LogP contribution is 2.43. The summed E-state index contributed by atoms with van der Waals surface area (Å²) in [7, 11) is -0.917. The lowest BCUT2D eigenvalue weighted by atomic mass is 9.85. The van der Waals surface area contributed by atoms with Gasteiger partial charge in [0.25, 0.3) is 0 Å². The molecule has 2 aliphatic rings. The Balaban J connectivity index is 1.52. The number of thiol groups is 2. The summed E-state index contributed by atoms with van der Waals surface area (Å²) < 4.78 is 27.8. The van der Waals surface area contributed by atoms with Gasteiger partial charge in [0, 0.05) is 0 Å². The van der Waals surface area contributed by atoms with Gasteiger partial charge in [-0.25, -0.2) is 8.78 Å². The van der Waals surface area contributed by atoms with Gasteiger partial charge >= 0.3 is 0 Å². The van der Waals surface area contributed by atoms with Crippen LogP contribution in [-0.2, 0) is 4.79 Å². The van der Waals surface area contributed by atoms with Gasteiger partial charge in [-0.2, -0.15) is 21.8 Å². The van der Waals surface area contributed by atoms with Crippen LogP contribution in [0.4, 0.5) is 8.78 Å². The summed E-state index contributed by atoms with van der Waals surface area (Å²) in [5, 5.41) is 8.57. The van der Waals surface area contributed by atoms with Crippen molar-refractivity contribution < 1.29 is 13.6 Å². The standard InChI is InChI=1S/C25H24F2OS2/c26-17-23(19-5-9-21(10-6-19)29-13-1-2-14-29)25(28)24(18-27)20-7-11-22(12-8-20)30-15-3-4-16-30/h1-16,23-24,29-30H,17-18H2. The first-order valence-electron chi connectivity index (χ1n) is 9.83. The molecule has 0 saturated heterocycles. The minimum absolute atomic E-state index is 0.404. The molecule has 2 unspecified atom stereocenters. The monoisotopic (exact) mass is 442 g/mol. The summed E-state index contributed by atoms with van der Waals surface area (Å²) in [5.74, 6) is -2.31. The molecule has 0 aliphatic carbocycles. The number of hydrogen-bond donors (Lipinski definition) is 2. The van der Waals surface area contributed by atoms with Gasteiger partial charge in [-0.05, 0) is 66.8 Å². The Morgan fingerprint density at radius 2 is 0.967 bits per heavy atom. The molecule has 1 nitrogen and oxygen atoms in total. The van der Waals surface area contributed by atoms with E-state index < -0.39 is 52.8 Å². The van der Waals surface area contributed by atoms with Crippen LogP contribution < -0.4 is 0 Å². The molecular weight excluding hydrogens is 418 g/mol. The summed E-state index contributed by atoms with van der Waals surface area (Å²) in [6.45, 7) is -1.66. The third kappa shape index (κ3) is 4.37. The van der Waals surface area contributed by atoms with Crippen LogP contribution in [0, 0.1) is 0 Å². The van der Waals surface area contributed by atoms with Crippen LogP contribution >= 0.6 is 21.8 Å². The largest absolute Gasteiger partial charge is 0.298 e. The van der Waals surface area contributed by atoms with Gasteiger partial charge in [0.1, 0.15) is 13.3 Å². The van der Waals surface area contributed by atoms with Crippen LogP contribution in [0.2, 0.25) is 0 Å². The molecule has 5 heteroatoms. The number of allylic oxidation sites excluding steroid dienone is 4. The highest BCUT2D eigenvalue weighted by atomic mass is 32.2. The zero-order valence-electron chi connectivity index (χ0n) is 16.4. The van der Waals surface area contributed by atoms with Crippen molar-refractivity contribution in [2.75, 3.05) is 13.3 Å². The van der Waals surface area contributed by atoms with E-state index in [4.69, 9.17) is 0 Å². The molecule has 2 aromatic rings. The molecule has 2 heterocycles. The van der Waals surface area contributed by atoms with E-state index in [1.807, 2.05) is 48.6 Å². The SMILES string of the molecule is O=C(C(CF)c1ccc([SH]2C=CC=C2)cc1)C(CF)c1ccc([SH]2C=CC=C2)cc1. The lowest BCUT2D eigenvalue weighted by Gasteiger charge is -2.21. The summed E-state index contributed by atoms with van der Waals surface area (Å²) in [6.07, 6.45) is 8.08. The van der Waals surface area contributed by atoms with Gasteiger partial charge < -0.3 is 0 Å². The number of carbonyl (C=O) groups excluding carboxylic acids is 1. The Labute approximate surface area is 181 Å². The van der Waals surface area contributed by atoms with E-state index in [1.54, 1.807) is 24.3 Å². The van der Waals surface area contributed by atoms with Gasteiger partial charge in [-0.1, -0.05) is 48.6 Å². The molecule has 0 bridgehead atoms. The molecule has 0 radical (unpaired) electrons. The summed E-state index contributed by atoms with van der Waals surface area (Å²) >= 11 is 0. The van der Waals surface area contributed by atoms with E-state index in [0.717, 1.165) is 9.79 Å². The van der Waals surface area contributed by atoms with Gasteiger partial charge in [0.15, 0.2) is 5.78 Å². The minimum atomic E-state index is -0.952. The molecule has 0 N–H and O–H groups in total. The van der Waals surface area contributed by atoms with Crippen molar-refractivity contribution in [2.24, 2.45) is 0 Å². The van der Waals surface area contributed by atoms with Crippen LogP contribution in [0.15, 0.2) is 104 Å². The van der Waals surface area contributed by atoms with E-state index in [2.05, 4.69) is 21.6 Å². The summed E-state index contributed by atoms with van der Waals surface area (Å²) in [4.78, 5) is 15.4. The summed E-state index contributed by atoms with van der Waals surface area (Å²) in [6, 6.07) is 15.0. The van der Waals surface area contributed by atoms with Crippen LogP contribution in [0.25, 0.3) is 0 Å². The smallest absolute Gasteiger partial charge is 0.153 e. The average molecular weight is 443 g/mol. The maximum atomic E-state index is 13.9. The molecular formula is C25H24F2OS2. The lowest BCUT2D eigenvalue weighted by Crippen LogP contribution is -2.23. The molecule has 30 heavy (non-hydrogen) atoms. The zero-order chi connectivity index (χ0) is 20.9. The van der Waals surface area contributed by atoms with Gasteiger partial charge in [-0.15, -0.1) is 0 Å². The predicted octanol–water partition coefficient (Wildman–Crippen LogP) is 6.86. The average Bonchev–Trinajstić information content (AvgIpc) is 3.50. The number of benzene rings is 2. The first-order chi connectivity index (χ1) is 14.7. The third-order valence-electron chi connectivity index (χ3n) is 5.39. The first-order valence-corrected chi connectivity index (χ1v) is 12.8. The Kier molecular flexibility index (Phi) is 6.70. The Bertz CT molecular complexity index is 901. The van der Waals surface area contributed by atoms with Crippen LogP contribution in [0.1, 0.15) is 23.0 Å². The molecule has 2 atom stereocenters. The predicted molar refractivity (Wildman–Crippen MR) is 126 cm³/mol. The Hall–Kier alpha value is -2.37. The number of halogens is 2. The minimum Gasteiger partial charge on any atom is -0.298 e. The molecule has 0 fully saturated rings. The van der Waals surface area contributed by atoms with Crippen LogP contribution in [0.5, 0.6) is 0 Å². The molecule has 0 saturated carbocycles. The molecule has 2 aromatic carbocycles. The Morgan fingerprint density at radius 3 is 1.27 bits per heavy atom. The van der Waals surface area contributed by atoms with E-state index in [9.17, 15) is 13.6 Å². The van der Waals surface area contributed by atoms with Crippen molar-refractivity contribution in [3.05, 3.63) is 106 Å². The molecule has 0 aromatic heterocycles. The van der Waals surface area contributed by atoms with Crippen molar-refractivity contribution in [1.29, 1.82) is 0 Å². The number of rotatable bonds is 8. The highest BCUT2D eigenvalue weighted by molar-refractivity contribution is 8.22. The van der Waals surface area contributed by atoms with Gasteiger partial charge in [0.05, 0.1) is 11.8 Å². The fourth-order valence-corrected chi connectivity index (χ4v) is 6.69. The summed E-state index contributed by atoms with van der Waals surface area (Å²) in [5.41, 5.74) is 1.21. The first kappa shape index (κ1) is 20.9. The third-order valence-corrected chi connectivity index (χ3v) is 9.15. The quantitative estimate of drug-likeness (QED) is 0.427. The molecule has 4 rings (SSSR count). The highest BCUT2D eigenvalue weighted by Gasteiger charge is 2.30. The normalized spacial score (nSPS) is 18.9. The second kappa shape index (κ2) is 9.63. The van der Waals surface area contributed by atoms with Gasteiger partial charge in [0.2, 0.25) is 0 Å². The Morgan fingerprint density at radius 1 is 0.633 bits per heavy atom. The fourth-order valence-electron chi connectivity index (χ4n) is 3.67. The number of Topliss-reactive ketones (excluding diaryl/α,β-unsaturated/α-hetero) is 1. The second-order valence-corrected chi connectivity index (χ2v) is 11.0. The zero-order valence-corrected chi connectivity index (χ0v) is 18.2. The van der Waals surface area contributed by atoms with E-state index >= 15 is 0 Å². The van der Waals surface area contributed by atoms with Crippen LogP contribution in [0.3, 0.4) is 0 Å².